The molecule has 0 aliphatic carbocycles. The number of anilines is 3. The van der Waals surface area contributed by atoms with Gasteiger partial charge < -0.3 is 20.8 Å². The number of nitrogens with zero attached hydrogens (tertiary/aromatic N) is 4. The highest BCUT2D eigenvalue weighted by molar-refractivity contribution is 7.16. The number of H-pyrrole nitrogens is 1. The normalized spacial score (nSPS) is 13.0. The van der Waals surface area contributed by atoms with E-state index in [1.54, 1.807) is 17.5 Å². The highest BCUT2D eigenvalue weighted by Crippen LogP contribution is 2.32. The van der Waals surface area contributed by atoms with Crippen LogP contribution in [0.15, 0.2) is 72.6 Å². The fourth-order valence-corrected chi connectivity index (χ4v) is 4.30. The lowest BCUT2D eigenvalue weighted by atomic mass is 10.0. The van der Waals surface area contributed by atoms with Crippen molar-refractivity contribution >= 4 is 38.7 Å². The summed E-state index contributed by atoms with van der Waals surface area (Å²) < 4.78 is 1.08. The number of thiazole rings is 1. The number of aromatic nitrogens is 5. The SMILES string of the molecule is OCC(O)C(Nc1cc(Nc2ccc3ncsc3c2)ncc1-c1ncn[nH]1)c1ccccc1. The second-order valence-corrected chi connectivity index (χ2v) is 8.28. The molecule has 5 rings (SSSR count). The minimum Gasteiger partial charge on any atom is -0.394 e. The highest BCUT2D eigenvalue weighted by Gasteiger charge is 2.22. The monoisotopic (exact) mass is 459 g/mol. The van der Waals surface area contributed by atoms with Gasteiger partial charge in [-0.15, -0.1) is 11.3 Å². The van der Waals surface area contributed by atoms with Gasteiger partial charge in [-0.05, 0) is 23.8 Å². The quantitative estimate of drug-likeness (QED) is 0.237. The summed E-state index contributed by atoms with van der Waals surface area (Å²) in [6, 6.07) is 16.7. The average Bonchev–Trinajstić information content (AvgIpc) is 3.55. The van der Waals surface area contributed by atoms with E-state index in [2.05, 4.69) is 35.8 Å². The first kappa shape index (κ1) is 21.0. The van der Waals surface area contributed by atoms with Crippen LogP contribution in [0.5, 0.6) is 0 Å². The van der Waals surface area contributed by atoms with Gasteiger partial charge in [-0.2, -0.15) is 5.10 Å². The van der Waals surface area contributed by atoms with E-state index < -0.39 is 18.8 Å². The number of hydrogen-bond acceptors (Lipinski definition) is 9. The molecule has 166 valence electrons. The number of rotatable bonds is 8. The Hall–Kier alpha value is -3.86. The van der Waals surface area contributed by atoms with Gasteiger partial charge in [0, 0.05) is 18.0 Å². The van der Waals surface area contributed by atoms with Crippen molar-refractivity contribution in [2.45, 2.75) is 12.1 Å². The van der Waals surface area contributed by atoms with Crippen LogP contribution in [0.1, 0.15) is 11.6 Å². The third-order valence-corrected chi connectivity index (χ3v) is 6.01. The van der Waals surface area contributed by atoms with Crippen molar-refractivity contribution in [1.29, 1.82) is 0 Å². The van der Waals surface area contributed by atoms with Crippen LogP contribution in [-0.4, -0.2) is 48.1 Å². The first-order valence-corrected chi connectivity index (χ1v) is 11.2. The average molecular weight is 460 g/mol. The number of pyridine rings is 1. The zero-order chi connectivity index (χ0) is 22.6. The Bertz CT molecular complexity index is 1340. The molecule has 0 saturated heterocycles. The number of nitrogens with one attached hydrogen (secondary N) is 3. The first-order valence-electron chi connectivity index (χ1n) is 10.3. The molecule has 9 nitrogen and oxygen atoms in total. The second-order valence-electron chi connectivity index (χ2n) is 7.39. The summed E-state index contributed by atoms with van der Waals surface area (Å²) in [6.45, 7) is -0.394. The van der Waals surface area contributed by atoms with Gasteiger partial charge in [-0.25, -0.2) is 15.0 Å². The van der Waals surface area contributed by atoms with Crippen LogP contribution in [0, 0.1) is 0 Å². The summed E-state index contributed by atoms with van der Waals surface area (Å²) in [5.74, 6) is 1.14. The van der Waals surface area contributed by atoms with Crippen LogP contribution in [-0.2, 0) is 0 Å². The Morgan fingerprint density at radius 3 is 2.70 bits per heavy atom. The van der Waals surface area contributed by atoms with Gasteiger partial charge >= 0.3 is 0 Å². The Balaban J connectivity index is 1.51. The van der Waals surface area contributed by atoms with Gasteiger partial charge in [0.2, 0.25) is 0 Å². The van der Waals surface area contributed by atoms with Crippen molar-refractivity contribution < 1.29 is 10.2 Å². The van der Waals surface area contributed by atoms with Crippen LogP contribution in [0.4, 0.5) is 17.2 Å². The molecule has 2 unspecified atom stereocenters. The lowest BCUT2D eigenvalue weighted by Crippen LogP contribution is -2.28. The summed E-state index contributed by atoms with van der Waals surface area (Å²) in [4.78, 5) is 13.1. The van der Waals surface area contributed by atoms with E-state index in [4.69, 9.17) is 0 Å². The topological polar surface area (TPSA) is 132 Å². The molecule has 10 heteroatoms. The van der Waals surface area contributed by atoms with E-state index in [1.807, 2.05) is 60.1 Å². The maximum absolute atomic E-state index is 10.6. The number of aliphatic hydroxyl groups is 2. The van der Waals surface area contributed by atoms with Crippen molar-refractivity contribution in [3.63, 3.8) is 0 Å². The van der Waals surface area contributed by atoms with Crippen LogP contribution in [0.25, 0.3) is 21.6 Å². The van der Waals surface area contributed by atoms with Crippen LogP contribution in [0.2, 0.25) is 0 Å². The maximum Gasteiger partial charge on any atom is 0.159 e. The minimum atomic E-state index is -1.02. The van der Waals surface area contributed by atoms with Crippen molar-refractivity contribution in [3.8, 4) is 11.4 Å². The molecule has 2 atom stereocenters. The van der Waals surface area contributed by atoms with Gasteiger partial charge in [0.05, 0.1) is 39.6 Å². The van der Waals surface area contributed by atoms with E-state index in [-0.39, 0.29) is 0 Å². The maximum atomic E-state index is 10.6. The predicted octanol–water partition coefficient (Wildman–Crippen LogP) is 3.73. The largest absolute Gasteiger partial charge is 0.394 e. The number of aliphatic hydroxyl groups excluding tert-OH is 2. The molecular formula is C23H21N7O2S. The highest BCUT2D eigenvalue weighted by atomic mass is 32.1. The molecule has 0 aliphatic heterocycles. The van der Waals surface area contributed by atoms with Gasteiger partial charge in [0.25, 0.3) is 0 Å². The van der Waals surface area contributed by atoms with Crippen molar-refractivity contribution in [3.05, 3.63) is 78.2 Å². The van der Waals surface area contributed by atoms with Crippen molar-refractivity contribution in [2.24, 2.45) is 0 Å². The molecule has 0 bridgehead atoms. The molecule has 0 fully saturated rings. The van der Waals surface area contributed by atoms with E-state index in [1.165, 1.54) is 6.33 Å². The molecule has 0 saturated carbocycles. The third kappa shape index (κ3) is 4.53. The summed E-state index contributed by atoms with van der Waals surface area (Å²) >= 11 is 1.57. The Morgan fingerprint density at radius 1 is 1.03 bits per heavy atom. The van der Waals surface area contributed by atoms with E-state index in [0.717, 1.165) is 21.5 Å². The predicted molar refractivity (Wildman–Crippen MR) is 128 cm³/mol. The van der Waals surface area contributed by atoms with Gasteiger partial charge in [-0.1, -0.05) is 30.3 Å². The van der Waals surface area contributed by atoms with E-state index >= 15 is 0 Å². The molecule has 3 heterocycles. The molecule has 0 amide bonds. The Kier molecular flexibility index (Phi) is 5.94. The standard InChI is InChI=1S/C23H21N7O2S/c31-11-19(32)22(14-4-2-1-3-5-14)29-18-9-21(24-10-16(18)23-25-12-27-30-23)28-15-6-7-17-20(8-15)33-13-26-17/h1-10,12-13,19,22,31-32H,11H2,(H2,24,28,29)(H,25,27,30). The summed E-state index contributed by atoms with van der Waals surface area (Å²) in [5.41, 5.74) is 5.84. The molecule has 5 aromatic rings. The van der Waals surface area contributed by atoms with Gasteiger partial charge in [-0.3, -0.25) is 5.10 Å². The Labute approximate surface area is 193 Å². The summed E-state index contributed by atoms with van der Waals surface area (Å²) in [6.07, 6.45) is 2.09. The summed E-state index contributed by atoms with van der Waals surface area (Å²) in [7, 11) is 0. The smallest absolute Gasteiger partial charge is 0.159 e. The molecule has 5 N–H and O–H groups in total. The fourth-order valence-electron chi connectivity index (χ4n) is 3.58. The molecular weight excluding hydrogens is 438 g/mol. The third-order valence-electron chi connectivity index (χ3n) is 5.22. The lowest BCUT2D eigenvalue weighted by Gasteiger charge is -2.25. The first-order chi connectivity index (χ1) is 16.2. The number of benzene rings is 2. The molecule has 3 aromatic heterocycles. The molecule has 0 aliphatic rings. The number of aromatic amines is 1. The Morgan fingerprint density at radius 2 is 1.91 bits per heavy atom. The number of fused-ring (bicyclic) bond motifs is 1. The number of hydrogen-bond donors (Lipinski definition) is 5. The van der Waals surface area contributed by atoms with Crippen LogP contribution >= 0.6 is 11.3 Å². The molecule has 2 aromatic carbocycles. The van der Waals surface area contributed by atoms with Gasteiger partial charge in [0.15, 0.2) is 5.82 Å². The molecule has 0 radical (unpaired) electrons. The van der Waals surface area contributed by atoms with Crippen molar-refractivity contribution in [2.75, 3.05) is 17.2 Å². The fraction of sp³-hybridized carbons (Fsp3) is 0.130. The molecule has 33 heavy (non-hydrogen) atoms. The van der Waals surface area contributed by atoms with Crippen molar-refractivity contribution in [1.82, 2.24) is 25.1 Å². The second kappa shape index (κ2) is 9.33. The van der Waals surface area contributed by atoms with Crippen LogP contribution < -0.4 is 10.6 Å². The van der Waals surface area contributed by atoms with Gasteiger partial charge in [0.1, 0.15) is 18.2 Å². The summed E-state index contributed by atoms with van der Waals surface area (Å²) in [5, 5.41) is 33.7. The van der Waals surface area contributed by atoms with E-state index in [0.29, 0.717) is 22.9 Å². The zero-order valence-electron chi connectivity index (χ0n) is 17.4. The van der Waals surface area contributed by atoms with E-state index in [9.17, 15) is 10.2 Å². The lowest BCUT2D eigenvalue weighted by molar-refractivity contribution is 0.0795. The zero-order valence-corrected chi connectivity index (χ0v) is 18.2. The molecule has 0 spiro atoms. The minimum absolute atomic E-state index is 0.394. The van der Waals surface area contributed by atoms with Crippen LogP contribution in [0.3, 0.4) is 0 Å².